The van der Waals surface area contributed by atoms with Gasteiger partial charge in [-0.1, -0.05) is 0 Å². The van der Waals surface area contributed by atoms with Gasteiger partial charge in [0.2, 0.25) is 0 Å². The van der Waals surface area contributed by atoms with E-state index in [1.54, 1.807) is 24.1 Å². The molecule has 0 aliphatic heterocycles. The first-order valence-electron chi connectivity index (χ1n) is 7.31. The van der Waals surface area contributed by atoms with E-state index in [-0.39, 0.29) is 5.91 Å². The van der Waals surface area contributed by atoms with Crippen LogP contribution in [-0.4, -0.2) is 39.5 Å². The number of hydrogen-bond donors (Lipinski definition) is 2. The van der Waals surface area contributed by atoms with Gasteiger partial charge >= 0.3 is 0 Å². The number of rotatable bonds is 6. The van der Waals surface area contributed by atoms with Crippen LogP contribution in [0, 0.1) is 0 Å². The van der Waals surface area contributed by atoms with Crippen molar-refractivity contribution >= 4 is 21.8 Å². The molecule has 2 aromatic heterocycles. The Hall–Kier alpha value is -2.61. The molecule has 1 aromatic carbocycles. The maximum Gasteiger partial charge on any atom is 0.269 e. The Morgan fingerprint density at radius 2 is 2.17 bits per heavy atom. The molecule has 0 saturated carbocycles. The summed E-state index contributed by atoms with van der Waals surface area (Å²) in [5, 5.41) is 13.9. The number of aromatic amines is 1. The van der Waals surface area contributed by atoms with Gasteiger partial charge in [0.15, 0.2) is 0 Å². The van der Waals surface area contributed by atoms with Gasteiger partial charge in [0, 0.05) is 18.3 Å². The Balaban J connectivity index is 1.58. The summed E-state index contributed by atoms with van der Waals surface area (Å²) in [4.78, 5) is 12.1. The molecule has 0 fully saturated rings. The second-order valence-corrected chi connectivity index (χ2v) is 5.99. The third-order valence-electron chi connectivity index (χ3n) is 3.44. The Bertz CT molecular complexity index is 825. The zero-order valence-electron chi connectivity index (χ0n) is 13.0. The van der Waals surface area contributed by atoms with E-state index in [0.717, 1.165) is 15.8 Å². The van der Waals surface area contributed by atoms with Crippen molar-refractivity contribution in [2.45, 2.75) is 6.54 Å². The molecule has 7 nitrogen and oxygen atoms in total. The molecule has 0 atom stereocenters. The van der Waals surface area contributed by atoms with Crippen molar-refractivity contribution in [3.63, 3.8) is 0 Å². The van der Waals surface area contributed by atoms with Crippen molar-refractivity contribution in [3.05, 3.63) is 52.9 Å². The fraction of sp³-hybridized carbons (Fsp3) is 0.188. The number of benzene rings is 1. The summed E-state index contributed by atoms with van der Waals surface area (Å²) in [5.41, 5.74) is 2.04. The summed E-state index contributed by atoms with van der Waals surface area (Å²) in [6, 6.07) is 9.22. The van der Waals surface area contributed by atoms with Gasteiger partial charge in [-0.2, -0.15) is 10.2 Å². The van der Waals surface area contributed by atoms with E-state index in [9.17, 15) is 4.79 Å². The lowest BCUT2D eigenvalue weighted by atomic mass is 10.1. The second-order valence-electron chi connectivity index (χ2n) is 5.07. The number of carbonyl (C=O) groups excluding carboxylic acids is 1. The molecule has 0 aliphatic carbocycles. The Kier molecular flexibility index (Phi) is 4.95. The largest absolute Gasteiger partial charge is 0.497 e. The summed E-state index contributed by atoms with van der Waals surface area (Å²) in [6.45, 7) is 1.07. The van der Waals surface area contributed by atoms with Crippen molar-refractivity contribution in [3.8, 4) is 17.0 Å². The number of methoxy groups -OCH3 is 1. The number of ether oxygens (including phenoxy) is 1. The third-order valence-corrected chi connectivity index (χ3v) is 3.85. The molecule has 2 N–H and O–H groups in total. The quantitative estimate of drug-likeness (QED) is 0.677. The highest BCUT2D eigenvalue weighted by molar-refractivity contribution is 9.10. The molecular formula is C16H16BrN5O2. The van der Waals surface area contributed by atoms with E-state index in [1.165, 1.54) is 0 Å². The van der Waals surface area contributed by atoms with Crippen molar-refractivity contribution < 1.29 is 9.53 Å². The summed E-state index contributed by atoms with van der Waals surface area (Å²) < 4.78 is 7.79. The SMILES string of the molecule is COc1ccc(-c2cc(C(=O)NCCn3cc(Br)cn3)[nH]n2)cc1. The molecule has 1 amide bonds. The van der Waals surface area contributed by atoms with Gasteiger partial charge in [0.25, 0.3) is 5.91 Å². The topological polar surface area (TPSA) is 84.8 Å². The minimum Gasteiger partial charge on any atom is -0.497 e. The first-order chi connectivity index (χ1) is 11.7. The van der Waals surface area contributed by atoms with E-state index in [0.29, 0.717) is 24.5 Å². The van der Waals surface area contributed by atoms with Crippen molar-refractivity contribution in [1.29, 1.82) is 0 Å². The number of nitrogens with one attached hydrogen (secondary N) is 2. The first-order valence-corrected chi connectivity index (χ1v) is 8.11. The molecule has 0 bridgehead atoms. The maximum atomic E-state index is 12.1. The fourth-order valence-electron chi connectivity index (χ4n) is 2.19. The predicted octanol–water partition coefficient (Wildman–Crippen LogP) is 2.47. The van der Waals surface area contributed by atoms with Gasteiger partial charge in [-0.15, -0.1) is 0 Å². The van der Waals surface area contributed by atoms with Crippen LogP contribution in [0.15, 0.2) is 47.2 Å². The minimum atomic E-state index is -0.200. The molecule has 0 unspecified atom stereocenters. The predicted molar refractivity (Wildman–Crippen MR) is 92.8 cm³/mol. The molecule has 8 heteroatoms. The van der Waals surface area contributed by atoms with E-state index in [4.69, 9.17) is 4.74 Å². The van der Waals surface area contributed by atoms with Crippen molar-refractivity contribution in [2.24, 2.45) is 0 Å². The normalized spacial score (nSPS) is 10.6. The molecular weight excluding hydrogens is 374 g/mol. The van der Waals surface area contributed by atoms with Crippen LogP contribution in [0.4, 0.5) is 0 Å². The number of halogens is 1. The van der Waals surface area contributed by atoms with Crippen molar-refractivity contribution in [1.82, 2.24) is 25.3 Å². The molecule has 2 heterocycles. The van der Waals surface area contributed by atoms with Gasteiger partial charge in [0.05, 0.1) is 30.0 Å². The molecule has 0 radical (unpaired) electrons. The summed E-state index contributed by atoms with van der Waals surface area (Å²) >= 11 is 3.33. The molecule has 0 spiro atoms. The van der Waals surface area contributed by atoms with Crippen LogP contribution >= 0.6 is 15.9 Å². The maximum absolute atomic E-state index is 12.1. The highest BCUT2D eigenvalue weighted by atomic mass is 79.9. The zero-order chi connectivity index (χ0) is 16.9. The standard InChI is InChI=1S/C16H16BrN5O2/c1-24-13-4-2-11(3-5-13)14-8-15(21-20-14)16(23)18-6-7-22-10-12(17)9-19-22/h2-5,8-10H,6-7H2,1H3,(H,18,23)(H,20,21). The van der Waals surface area contributed by atoms with Gasteiger partial charge < -0.3 is 10.1 Å². The average molecular weight is 390 g/mol. The molecule has 24 heavy (non-hydrogen) atoms. The van der Waals surface area contributed by atoms with Crippen LogP contribution in [-0.2, 0) is 6.54 Å². The number of aromatic nitrogens is 4. The van der Waals surface area contributed by atoms with E-state index >= 15 is 0 Å². The van der Waals surface area contributed by atoms with Crippen molar-refractivity contribution in [2.75, 3.05) is 13.7 Å². The van der Waals surface area contributed by atoms with Crippen LogP contribution in [0.1, 0.15) is 10.5 Å². The Labute approximate surface area is 147 Å². The average Bonchev–Trinajstić information content (AvgIpc) is 3.24. The minimum absolute atomic E-state index is 0.200. The lowest BCUT2D eigenvalue weighted by Gasteiger charge is -2.03. The number of carbonyl (C=O) groups is 1. The summed E-state index contributed by atoms with van der Waals surface area (Å²) in [7, 11) is 1.62. The van der Waals surface area contributed by atoms with Gasteiger partial charge in [-0.25, -0.2) is 0 Å². The number of H-pyrrole nitrogens is 1. The fourth-order valence-corrected chi connectivity index (χ4v) is 2.52. The van der Waals surface area contributed by atoms with E-state index in [2.05, 4.69) is 36.5 Å². The molecule has 3 rings (SSSR count). The smallest absolute Gasteiger partial charge is 0.269 e. The lowest BCUT2D eigenvalue weighted by Crippen LogP contribution is -2.27. The number of hydrogen-bond acceptors (Lipinski definition) is 4. The Morgan fingerprint density at radius 1 is 1.38 bits per heavy atom. The first kappa shape index (κ1) is 16.3. The summed E-state index contributed by atoms with van der Waals surface area (Å²) in [5.74, 6) is 0.575. The second kappa shape index (κ2) is 7.31. The number of nitrogens with zero attached hydrogens (tertiary/aromatic N) is 3. The van der Waals surface area contributed by atoms with Crippen LogP contribution in [0.3, 0.4) is 0 Å². The summed E-state index contributed by atoms with van der Waals surface area (Å²) in [6.07, 6.45) is 3.56. The lowest BCUT2D eigenvalue weighted by molar-refractivity contribution is 0.0947. The van der Waals surface area contributed by atoms with Gasteiger partial charge in [-0.05, 0) is 46.3 Å². The van der Waals surface area contributed by atoms with E-state index < -0.39 is 0 Å². The number of amides is 1. The molecule has 0 saturated heterocycles. The molecule has 0 aliphatic rings. The highest BCUT2D eigenvalue weighted by Gasteiger charge is 2.10. The third kappa shape index (κ3) is 3.83. The Morgan fingerprint density at radius 3 is 2.83 bits per heavy atom. The zero-order valence-corrected chi connectivity index (χ0v) is 14.6. The van der Waals surface area contributed by atoms with Crippen LogP contribution in [0.2, 0.25) is 0 Å². The molecule has 124 valence electrons. The monoisotopic (exact) mass is 389 g/mol. The van der Waals surface area contributed by atoms with Crippen LogP contribution in [0.25, 0.3) is 11.3 Å². The molecule has 3 aromatic rings. The van der Waals surface area contributed by atoms with Gasteiger partial charge in [-0.3, -0.25) is 14.6 Å². The van der Waals surface area contributed by atoms with Crippen LogP contribution in [0.5, 0.6) is 5.75 Å². The van der Waals surface area contributed by atoms with Gasteiger partial charge in [0.1, 0.15) is 11.4 Å². The van der Waals surface area contributed by atoms with E-state index in [1.807, 2.05) is 30.5 Å². The van der Waals surface area contributed by atoms with Crippen LogP contribution < -0.4 is 10.1 Å². The highest BCUT2D eigenvalue weighted by Crippen LogP contribution is 2.21.